The minimum atomic E-state index is -1.87. The monoisotopic (exact) mass is 516 g/mol. The summed E-state index contributed by atoms with van der Waals surface area (Å²) in [4.78, 5) is 53.5. The lowest BCUT2D eigenvalue weighted by Crippen LogP contribution is -2.79. The molecule has 1 spiro atoms. The van der Waals surface area contributed by atoms with Gasteiger partial charge >= 0.3 is 12.1 Å². The minimum absolute atomic E-state index is 0.0446. The first-order valence-corrected chi connectivity index (χ1v) is 12.1. The van der Waals surface area contributed by atoms with E-state index in [1.165, 1.54) is 9.80 Å². The molecule has 14 heteroatoms. The summed E-state index contributed by atoms with van der Waals surface area (Å²) in [6, 6.07) is 0.606. The maximum atomic E-state index is 16.3. The number of morpholine rings is 1. The van der Waals surface area contributed by atoms with Crippen LogP contribution in [0.15, 0.2) is 15.8 Å². The van der Waals surface area contributed by atoms with Crippen LogP contribution in [0.3, 0.4) is 0 Å². The smallest absolute Gasteiger partial charge is 0.416 e. The van der Waals surface area contributed by atoms with E-state index in [1.807, 2.05) is 6.92 Å². The third kappa shape index (κ3) is 2.87. The van der Waals surface area contributed by atoms with Gasteiger partial charge < -0.3 is 24.2 Å². The molecule has 1 unspecified atom stereocenters. The van der Waals surface area contributed by atoms with E-state index in [4.69, 9.17) is 14.0 Å². The third-order valence-corrected chi connectivity index (χ3v) is 8.07. The van der Waals surface area contributed by atoms with E-state index in [0.29, 0.717) is 12.0 Å². The van der Waals surface area contributed by atoms with E-state index in [-0.39, 0.29) is 54.6 Å². The Hall–Kier alpha value is -3.81. The summed E-state index contributed by atoms with van der Waals surface area (Å²) >= 11 is 0. The minimum Gasteiger partial charge on any atom is -0.447 e. The second-order valence-electron chi connectivity index (χ2n) is 10.0. The molecular weight excluding hydrogens is 491 g/mol. The molecule has 6 rings (SSSR count). The van der Waals surface area contributed by atoms with E-state index < -0.39 is 47.1 Å². The average molecular weight is 516 g/mol. The number of nitrogens with one attached hydrogen (secondary N) is 2. The number of nitroso groups, excluding NO2 is 1. The zero-order valence-electron chi connectivity index (χ0n) is 20.4. The van der Waals surface area contributed by atoms with Crippen LogP contribution in [0.2, 0.25) is 0 Å². The number of fused-ring (bicyclic) bond motifs is 5. The molecule has 5 heterocycles. The molecular formula is C23H25FN6O7. The number of ether oxygens (including phenoxy) is 2. The maximum absolute atomic E-state index is 16.3. The molecule has 0 bridgehead atoms. The number of aromatic nitrogens is 1. The normalized spacial score (nSPS) is 33.2. The quantitative estimate of drug-likeness (QED) is 0.584. The van der Waals surface area contributed by atoms with Crippen molar-refractivity contribution in [3.8, 4) is 0 Å². The van der Waals surface area contributed by atoms with Crippen molar-refractivity contribution in [1.29, 1.82) is 0 Å². The standard InChI is InChI=1S/C23H25FN6O7/c1-4-13-8-35-21(33)30(13)18-14-5-12-6-22(9-25-20(32)26-19(22)31)23(28-34)11(3)36-10(2)7-29(23)16(12)15(24)17(14)37-27-18/h5,10-11,13H,4,6-9H2,1-3H3,(H2,25,26,31,32)/t10-,11+,13-,22?,23-/m1/s1. The first kappa shape index (κ1) is 23.6. The summed E-state index contributed by atoms with van der Waals surface area (Å²) in [5, 5.41) is 12.5. The van der Waals surface area contributed by atoms with Crippen LogP contribution in [0.25, 0.3) is 11.0 Å². The highest BCUT2D eigenvalue weighted by molar-refractivity contribution is 6.04. The number of carbonyl (C=O) groups is 3. The predicted molar refractivity (Wildman–Crippen MR) is 125 cm³/mol. The molecule has 0 aliphatic carbocycles. The first-order valence-electron chi connectivity index (χ1n) is 12.1. The molecule has 3 fully saturated rings. The molecule has 0 radical (unpaired) electrons. The molecule has 37 heavy (non-hydrogen) atoms. The van der Waals surface area contributed by atoms with Crippen molar-refractivity contribution in [2.75, 3.05) is 29.5 Å². The lowest BCUT2D eigenvalue weighted by Gasteiger charge is -2.60. The van der Waals surface area contributed by atoms with Gasteiger partial charge in [0.15, 0.2) is 11.6 Å². The van der Waals surface area contributed by atoms with Crippen LogP contribution in [0.5, 0.6) is 0 Å². The van der Waals surface area contributed by atoms with Crippen molar-refractivity contribution in [1.82, 2.24) is 15.8 Å². The molecule has 1 aromatic heterocycles. The summed E-state index contributed by atoms with van der Waals surface area (Å²) in [6.45, 7) is 5.25. The van der Waals surface area contributed by atoms with E-state index in [1.54, 1.807) is 19.9 Å². The zero-order chi connectivity index (χ0) is 26.3. The number of rotatable bonds is 3. The van der Waals surface area contributed by atoms with Gasteiger partial charge in [-0.15, -0.1) is 4.91 Å². The molecule has 3 saturated heterocycles. The van der Waals surface area contributed by atoms with Crippen molar-refractivity contribution in [3.63, 3.8) is 0 Å². The van der Waals surface area contributed by atoms with Gasteiger partial charge in [-0.2, -0.15) is 0 Å². The Bertz CT molecular complexity index is 1360. The molecule has 5 atom stereocenters. The summed E-state index contributed by atoms with van der Waals surface area (Å²) in [5.74, 6) is -1.40. The summed E-state index contributed by atoms with van der Waals surface area (Å²) in [5.41, 5.74) is -3.25. The summed E-state index contributed by atoms with van der Waals surface area (Å²) in [7, 11) is 0. The van der Waals surface area contributed by atoms with E-state index in [0.717, 1.165) is 0 Å². The molecule has 1 aromatic carbocycles. The van der Waals surface area contributed by atoms with Gasteiger partial charge in [0.1, 0.15) is 18.1 Å². The number of amides is 4. The van der Waals surface area contributed by atoms with Gasteiger partial charge in [0.05, 0.1) is 23.2 Å². The molecule has 4 amide bonds. The van der Waals surface area contributed by atoms with Crippen LogP contribution in [0.4, 0.5) is 25.5 Å². The number of hydrogen-bond donors (Lipinski definition) is 2. The fourth-order valence-electron chi connectivity index (χ4n) is 6.38. The zero-order valence-corrected chi connectivity index (χ0v) is 20.4. The highest BCUT2D eigenvalue weighted by atomic mass is 19.1. The Kier molecular flexibility index (Phi) is 5.00. The fourth-order valence-corrected chi connectivity index (χ4v) is 6.38. The Labute approximate surface area is 209 Å². The highest BCUT2D eigenvalue weighted by Crippen LogP contribution is 2.55. The second-order valence-corrected chi connectivity index (χ2v) is 10.0. The van der Waals surface area contributed by atoms with E-state index >= 15 is 4.39 Å². The number of nitrogens with zero attached hydrogens (tertiary/aromatic N) is 4. The number of anilines is 2. The van der Waals surface area contributed by atoms with Crippen LogP contribution in [0.1, 0.15) is 32.8 Å². The number of cyclic esters (lactones) is 1. The van der Waals surface area contributed by atoms with Crippen molar-refractivity contribution in [2.24, 2.45) is 10.6 Å². The van der Waals surface area contributed by atoms with Crippen LogP contribution in [0, 0.1) is 16.1 Å². The Morgan fingerprint density at radius 2 is 2.08 bits per heavy atom. The number of benzene rings is 1. The topological polar surface area (TPSA) is 156 Å². The summed E-state index contributed by atoms with van der Waals surface area (Å²) < 4.78 is 32.8. The number of halogens is 1. The fraction of sp³-hybridized carbons (Fsp3) is 0.565. The van der Waals surface area contributed by atoms with Crippen molar-refractivity contribution in [2.45, 2.75) is 57.5 Å². The van der Waals surface area contributed by atoms with Crippen molar-refractivity contribution in [3.05, 3.63) is 22.4 Å². The molecule has 13 nitrogen and oxygen atoms in total. The lowest BCUT2D eigenvalue weighted by atomic mass is 9.63. The number of hydrogen-bond acceptors (Lipinski definition) is 10. The van der Waals surface area contributed by atoms with Gasteiger partial charge in [-0.05, 0) is 43.5 Å². The SMILES string of the molecule is CC[C@@H]1COC(=O)N1c1noc2c(F)c3c(cc12)CC1(CNC(=O)NC1=O)[C@@]1(N=O)[C@H](C)O[C@H](C)CN31. The Morgan fingerprint density at radius 1 is 1.30 bits per heavy atom. The number of carbonyl (C=O) groups excluding carboxylic acids is 3. The van der Waals surface area contributed by atoms with Crippen molar-refractivity contribution < 1.29 is 32.8 Å². The molecule has 196 valence electrons. The van der Waals surface area contributed by atoms with Crippen LogP contribution in [-0.4, -0.2) is 66.8 Å². The van der Waals surface area contributed by atoms with Gasteiger partial charge in [0.25, 0.3) is 0 Å². The van der Waals surface area contributed by atoms with Crippen LogP contribution < -0.4 is 20.4 Å². The summed E-state index contributed by atoms with van der Waals surface area (Å²) in [6.07, 6.45) is -1.54. The van der Waals surface area contributed by atoms with Crippen LogP contribution in [-0.2, 0) is 20.7 Å². The predicted octanol–water partition coefficient (Wildman–Crippen LogP) is 2.16. The molecule has 4 aliphatic rings. The Morgan fingerprint density at radius 3 is 2.78 bits per heavy atom. The van der Waals surface area contributed by atoms with Gasteiger partial charge in [0.2, 0.25) is 17.2 Å². The largest absolute Gasteiger partial charge is 0.447 e. The third-order valence-electron chi connectivity index (χ3n) is 8.07. The number of urea groups is 1. The molecule has 0 saturated carbocycles. The van der Waals surface area contributed by atoms with E-state index in [9.17, 15) is 19.3 Å². The van der Waals surface area contributed by atoms with E-state index in [2.05, 4.69) is 21.0 Å². The van der Waals surface area contributed by atoms with Crippen molar-refractivity contribution >= 4 is 40.5 Å². The molecule has 2 aromatic rings. The van der Waals surface area contributed by atoms with Gasteiger partial charge in [-0.3, -0.25) is 15.0 Å². The highest BCUT2D eigenvalue weighted by Gasteiger charge is 2.70. The maximum Gasteiger partial charge on any atom is 0.416 e. The molecule has 4 aliphatic heterocycles. The number of imide groups is 1. The van der Waals surface area contributed by atoms with Crippen LogP contribution >= 0.6 is 0 Å². The second kappa shape index (κ2) is 7.84. The van der Waals surface area contributed by atoms with Gasteiger partial charge in [-0.1, -0.05) is 12.1 Å². The van der Waals surface area contributed by atoms with Gasteiger partial charge in [0, 0.05) is 13.1 Å². The lowest BCUT2D eigenvalue weighted by molar-refractivity contribution is -0.152. The molecule has 2 N–H and O–H groups in total. The van der Waals surface area contributed by atoms with Gasteiger partial charge in [-0.25, -0.2) is 14.0 Å². The first-order chi connectivity index (χ1) is 17.7. The average Bonchev–Trinajstić information content (AvgIpc) is 3.44. The Balaban J connectivity index is 1.60.